The van der Waals surface area contributed by atoms with Gasteiger partial charge in [0.1, 0.15) is 29.8 Å². The van der Waals surface area contributed by atoms with Gasteiger partial charge in [0.25, 0.3) is 5.91 Å². The molecule has 0 aliphatic carbocycles. The highest BCUT2D eigenvalue weighted by Gasteiger charge is 2.30. The Balaban J connectivity index is 2.02. The lowest BCUT2D eigenvalue weighted by atomic mass is 10.0. The molecular formula is C15H18ClN3O3S. The van der Waals surface area contributed by atoms with Crippen LogP contribution in [0.5, 0.6) is 11.5 Å². The van der Waals surface area contributed by atoms with E-state index in [1.165, 1.54) is 0 Å². The number of phenolic OH excluding ortho intramolecular Hbond substituents is 1. The number of hydrogen-bond acceptors (Lipinski definition) is 6. The molecule has 23 heavy (non-hydrogen) atoms. The molecule has 2 aliphatic rings. The fourth-order valence-electron chi connectivity index (χ4n) is 2.73. The van der Waals surface area contributed by atoms with Gasteiger partial charge in [0.05, 0.1) is 12.1 Å². The molecule has 2 heterocycles. The van der Waals surface area contributed by atoms with Crippen LogP contribution >= 0.6 is 24.0 Å². The molecule has 0 radical (unpaired) electrons. The lowest BCUT2D eigenvalue weighted by Gasteiger charge is -2.20. The van der Waals surface area contributed by atoms with Crippen LogP contribution in [-0.4, -0.2) is 30.1 Å². The molecule has 124 valence electrons. The minimum atomic E-state index is -0.137. The summed E-state index contributed by atoms with van der Waals surface area (Å²) >= 11 is 6.81. The molecule has 1 amide bonds. The number of hydrogen-bond donors (Lipinski definition) is 3. The van der Waals surface area contributed by atoms with Gasteiger partial charge in [0.2, 0.25) is 0 Å². The van der Waals surface area contributed by atoms with Crippen molar-refractivity contribution >= 4 is 41.2 Å². The van der Waals surface area contributed by atoms with Gasteiger partial charge in [-0.05, 0) is 23.6 Å². The van der Waals surface area contributed by atoms with Gasteiger partial charge in [0.15, 0.2) is 5.75 Å². The van der Waals surface area contributed by atoms with Crippen molar-refractivity contribution in [3.05, 3.63) is 23.8 Å². The summed E-state index contributed by atoms with van der Waals surface area (Å²) < 4.78 is 9.31. The van der Waals surface area contributed by atoms with Crippen molar-refractivity contribution in [2.75, 3.05) is 17.4 Å². The highest BCUT2D eigenvalue weighted by molar-refractivity contribution is 7.99. The van der Waals surface area contributed by atoms with Gasteiger partial charge in [-0.3, -0.25) is 13.8 Å². The van der Waals surface area contributed by atoms with Gasteiger partial charge >= 0.3 is 0 Å². The van der Waals surface area contributed by atoms with Crippen LogP contribution in [0.4, 0.5) is 5.69 Å². The molecular weight excluding hydrogens is 338 g/mol. The van der Waals surface area contributed by atoms with Crippen molar-refractivity contribution in [2.45, 2.75) is 19.9 Å². The Bertz CT molecular complexity index is 666. The summed E-state index contributed by atoms with van der Waals surface area (Å²) in [6.07, 6.45) is 2.15. The minimum Gasteiger partial charge on any atom is -0.506 e. The standard InChI is InChI=1S/C15H18ClN3O3S/c1-8(2)11-5-9(6-17-11)10-3-4-12(20)14(15(10)22-16)19-7-13(21)18-23-19/h3-5,8,11,17,20H,6-7H2,1-2H3,(H,18,21). The first-order valence-corrected chi connectivity index (χ1v) is 8.41. The zero-order valence-corrected chi connectivity index (χ0v) is 14.4. The number of halogens is 1. The van der Waals surface area contributed by atoms with Crippen LogP contribution < -0.4 is 18.6 Å². The third kappa shape index (κ3) is 3.08. The number of nitrogens with zero attached hydrogens (tertiary/aromatic N) is 1. The Hall–Kier alpha value is -1.57. The summed E-state index contributed by atoms with van der Waals surface area (Å²) in [5.74, 6) is 0.704. The normalized spacial score (nSPS) is 20.9. The fourth-order valence-corrected chi connectivity index (χ4v) is 3.62. The molecule has 1 fully saturated rings. The van der Waals surface area contributed by atoms with Gasteiger partial charge in [0, 0.05) is 18.2 Å². The Morgan fingerprint density at radius 1 is 1.48 bits per heavy atom. The van der Waals surface area contributed by atoms with Gasteiger partial charge in [-0.1, -0.05) is 19.9 Å². The van der Waals surface area contributed by atoms with Crippen LogP contribution in [0.1, 0.15) is 19.4 Å². The first-order valence-electron chi connectivity index (χ1n) is 7.33. The van der Waals surface area contributed by atoms with E-state index in [9.17, 15) is 9.90 Å². The van der Waals surface area contributed by atoms with E-state index < -0.39 is 0 Å². The number of phenols is 1. The molecule has 0 saturated carbocycles. The molecule has 1 aromatic rings. The first-order chi connectivity index (χ1) is 11.0. The van der Waals surface area contributed by atoms with Crippen LogP contribution in [0.15, 0.2) is 18.2 Å². The Morgan fingerprint density at radius 2 is 2.26 bits per heavy atom. The van der Waals surface area contributed by atoms with E-state index in [0.29, 0.717) is 23.9 Å². The maximum Gasteiger partial charge on any atom is 0.251 e. The third-order valence-corrected chi connectivity index (χ3v) is 4.97. The minimum absolute atomic E-state index is 0.0142. The van der Waals surface area contributed by atoms with Crippen LogP contribution in [0.2, 0.25) is 0 Å². The van der Waals surface area contributed by atoms with Gasteiger partial charge in [-0.25, -0.2) is 0 Å². The first kappa shape index (κ1) is 16.3. The van der Waals surface area contributed by atoms with Crippen molar-refractivity contribution in [3.63, 3.8) is 0 Å². The molecule has 3 N–H and O–H groups in total. The summed E-state index contributed by atoms with van der Waals surface area (Å²) in [6, 6.07) is 3.66. The van der Waals surface area contributed by atoms with Crippen LogP contribution in [0.3, 0.4) is 0 Å². The molecule has 1 saturated heterocycles. The summed E-state index contributed by atoms with van der Waals surface area (Å²) in [7, 11) is 0. The predicted octanol–water partition coefficient (Wildman–Crippen LogP) is 2.44. The molecule has 0 bridgehead atoms. The van der Waals surface area contributed by atoms with Crippen molar-refractivity contribution in [3.8, 4) is 11.5 Å². The van der Waals surface area contributed by atoms with Crippen LogP contribution in [0.25, 0.3) is 5.57 Å². The van der Waals surface area contributed by atoms with E-state index in [4.69, 9.17) is 16.2 Å². The number of anilines is 1. The van der Waals surface area contributed by atoms with Gasteiger partial charge < -0.3 is 14.7 Å². The Morgan fingerprint density at radius 3 is 2.83 bits per heavy atom. The van der Waals surface area contributed by atoms with Crippen molar-refractivity contribution in [1.29, 1.82) is 0 Å². The number of amides is 1. The van der Waals surface area contributed by atoms with Crippen molar-refractivity contribution in [2.24, 2.45) is 5.92 Å². The summed E-state index contributed by atoms with van der Waals surface area (Å²) in [6.45, 7) is 5.12. The topological polar surface area (TPSA) is 73.8 Å². The number of nitrogens with one attached hydrogen (secondary N) is 2. The van der Waals surface area contributed by atoms with E-state index in [0.717, 1.165) is 23.3 Å². The zero-order valence-electron chi connectivity index (χ0n) is 12.8. The van der Waals surface area contributed by atoms with E-state index in [-0.39, 0.29) is 24.2 Å². The van der Waals surface area contributed by atoms with Crippen LogP contribution in [0, 0.1) is 5.92 Å². The second kappa shape index (κ2) is 6.51. The largest absolute Gasteiger partial charge is 0.506 e. The monoisotopic (exact) mass is 355 g/mol. The lowest BCUT2D eigenvalue weighted by molar-refractivity contribution is -0.117. The quantitative estimate of drug-likeness (QED) is 0.720. The van der Waals surface area contributed by atoms with Crippen LogP contribution in [-0.2, 0) is 4.79 Å². The maximum absolute atomic E-state index is 11.4. The number of aromatic hydroxyl groups is 1. The highest BCUT2D eigenvalue weighted by atomic mass is 35.5. The van der Waals surface area contributed by atoms with Crippen molar-refractivity contribution < 1.29 is 14.2 Å². The number of benzene rings is 1. The highest BCUT2D eigenvalue weighted by Crippen LogP contribution is 2.46. The fraction of sp³-hybridized carbons (Fsp3) is 0.400. The molecule has 8 heteroatoms. The smallest absolute Gasteiger partial charge is 0.251 e. The molecule has 0 spiro atoms. The molecule has 3 rings (SSSR count). The lowest BCUT2D eigenvalue weighted by Crippen LogP contribution is -2.27. The van der Waals surface area contributed by atoms with E-state index in [2.05, 4.69) is 30.0 Å². The SMILES string of the molecule is CC(C)C1C=C(c2ccc(O)c(N3CC(=O)NS3)c2OCl)CN1. The second-order valence-corrected chi connectivity index (χ2v) is 6.86. The van der Waals surface area contributed by atoms with Crippen molar-refractivity contribution in [1.82, 2.24) is 10.0 Å². The molecule has 1 atom stereocenters. The molecule has 0 aromatic heterocycles. The number of carbonyl (C=O) groups is 1. The second-order valence-electron chi connectivity index (χ2n) is 5.88. The predicted molar refractivity (Wildman–Crippen MR) is 92.3 cm³/mol. The van der Waals surface area contributed by atoms with Gasteiger partial charge in [-0.2, -0.15) is 0 Å². The van der Waals surface area contributed by atoms with E-state index in [1.807, 2.05) is 0 Å². The van der Waals surface area contributed by atoms with E-state index in [1.54, 1.807) is 16.4 Å². The molecule has 1 unspecified atom stereocenters. The number of carbonyl (C=O) groups excluding carboxylic acids is 1. The summed E-state index contributed by atoms with van der Waals surface area (Å²) in [5, 5.41) is 13.6. The molecule has 2 aliphatic heterocycles. The van der Waals surface area contributed by atoms with E-state index >= 15 is 0 Å². The molecule has 6 nitrogen and oxygen atoms in total. The zero-order chi connectivity index (χ0) is 16.6. The average molecular weight is 356 g/mol. The molecule has 1 aromatic carbocycles. The number of rotatable bonds is 4. The average Bonchev–Trinajstić information content (AvgIpc) is 3.16. The maximum atomic E-state index is 11.4. The Kier molecular flexibility index (Phi) is 4.61. The van der Waals surface area contributed by atoms with Gasteiger partial charge in [-0.15, -0.1) is 0 Å². The Labute approximate surface area is 144 Å². The summed E-state index contributed by atoms with van der Waals surface area (Å²) in [5.41, 5.74) is 2.27. The summed E-state index contributed by atoms with van der Waals surface area (Å²) in [4.78, 5) is 11.4. The third-order valence-electron chi connectivity index (χ3n) is 3.97.